The predicted molar refractivity (Wildman–Crippen MR) is 172 cm³/mol. The maximum atomic E-state index is 2.44. The third-order valence-electron chi connectivity index (χ3n) is 8.39. The van der Waals surface area contributed by atoms with E-state index in [4.69, 9.17) is 0 Å². The van der Waals surface area contributed by atoms with Gasteiger partial charge >= 0.3 is 0 Å². The minimum atomic E-state index is 0.0859. The molecule has 6 aromatic rings. The molecule has 0 aliphatic carbocycles. The van der Waals surface area contributed by atoms with E-state index in [0.717, 1.165) is 0 Å². The highest BCUT2D eigenvalue weighted by molar-refractivity contribution is 6.15. The van der Waals surface area contributed by atoms with E-state index in [1.165, 1.54) is 71.3 Å². The summed E-state index contributed by atoms with van der Waals surface area (Å²) in [4.78, 5) is 0. The summed E-state index contributed by atoms with van der Waals surface area (Å²) < 4.78 is 0. The Labute approximate surface area is 233 Å². The van der Waals surface area contributed by atoms with Crippen LogP contribution in [0, 0.1) is 6.92 Å². The molecular formula is C39H38. The summed E-state index contributed by atoms with van der Waals surface area (Å²) in [5.41, 5.74) is 9.43. The third kappa shape index (κ3) is 4.43. The second kappa shape index (κ2) is 9.09. The van der Waals surface area contributed by atoms with Crippen molar-refractivity contribution in [1.82, 2.24) is 0 Å². The average Bonchev–Trinajstić information content (AvgIpc) is 2.92. The Morgan fingerprint density at radius 1 is 0.436 bits per heavy atom. The zero-order valence-corrected chi connectivity index (χ0v) is 24.3. The maximum absolute atomic E-state index is 2.44. The van der Waals surface area contributed by atoms with Crippen LogP contribution in [0.25, 0.3) is 54.6 Å². The predicted octanol–water partition coefficient (Wildman–Crippen LogP) is 11.4. The SMILES string of the molecule is Cc1c2cc(C(C)(C)C)ccc2c(-c2ccc(-c3cccc4ccccc34)cc2)c2cc(C(C)(C)C)ccc12. The summed E-state index contributed by atoms with van der Waals surface area (Å²) in [7, 11) is 0. The van der Waals surface area contributed by atoms with E-state index < -0.39 is 0 Å². The van der Waals surface area contributed by atoms with Gasteiger partial charge in [-0.1, -0.05) is 139 Å². The lowest BCUT2D eigenvalue weighted by Gasteiger charge is -2.24. The van der Waals surface area contributed by atoms with Crippen LogP contribution in [-0.4, -0.2) is 0 Å². The quantitative estimate of drug-likeness (QED) is 0.205. The van der Waals surface area contributed by atoms with Crippen LogP contribution in [0.3, 0.4) is 0 Å². The first-order chi connectivity index (χ1) is 18.5. The number of benzene rings is 6. The van der Waals surface area contributed by atoms with Gasteiger partial charge in [-0.3, -0.25) is 0 Å². The molecule has 0 radical (unpaired) electrons. The molecule has 39 heavy (non-hydrogen) atoms. The van der Waals surface area contributed by atoms with E-state index in [1.807, 2.05) is 0 Å². The Kier molecular flexibility index (Phi) is 5.92. The first kappa shape index (κ1) is 25.4. The van der Waals surface area contributed by atoms with Crippen LogP contribution in [-0.2, 0) is 10.8 Å². The van der Waals surface area contributed by atoms with Crippen LogP contribution < -0.4 is 0 Å². The summed E-state index contributed by atoms with van der Waals surface area (Å²) in [6.45, 7) is 16.1. The second-order valence-electron chi connectivity index (χ2n) is 13.1. The van der Waals surface area contributed by atoms with Crippen molar-refractivity contribution in [2.45, 2.75) is 59.3 Å². The molecule has 0 saturated heterocycles. The average molecular weight is 507 g/mol. The molecule has 6 rings (SSSR count). The summed E-state index contributed by atoms with van der Waals surface area (Å²) in [6.07, 6.45) is 0. The molecule has 0 atom stereocenters. The van der Waals surface area contributed by atoms with E-state index in [2.05, 4.69) is 152 Å². The third-order valence-corrected chi connectivity index (χ3v) is 8.39. The standard InChI is InChI=1S/C39H38/c1-25-31-21-19-30(39(5,6)7)24-36(31)37(34-22-20-29(23-35(25)34)38(2,3)4)28-17-15-27(16-18-28)33-14-10-12-26-11-8-9-13-32(26)33/h8-24H,1-7H3. The lowest BCUT2D eigenvalue weighted by atomic mass is 9.80. The summed E-state index contributed by atoms with van der Waals surface area (Å²) in [5, 5.41) is 7.94. The second-order valence-corrected chi connectivity index (χ2v) is 13.1. The summed E-state index contributed by atoms with van der Waals surface area (Å²) in [5.74, 6) is 0. The van der Waals surface area contributed by atoms with Crippen molar-refractivity contribution in [3.05, 3.63) is 120 Å². The monoisotopic (exact) mass is 506 g/mol. The van der Waals surface area contributed by atoms with Gasteiger partial charge in [-0.2, -0.15) is 0 Å². The highest BCUT2D eigenvalue weighted by Crippen LogP contribution is 2.42. The Morgan fingerprint density at radius 2 is 1.00 bits per heavy atom. The first-order valence-electron chi connectivity index (χ1n) is 14.1. The van der Waals surface area contributed by atoms with Crippen LogP contribution in [0.15, 0.2) is 103 Å². The molecular weight excluding hydrogens is 468 g/mol. The molecule has 0 N–H and O–H groups in total. The minimum absolute atomic E-state index is 0.0859. The van der Waals surface area contributed by atoms with Gasteiger partial charge in [0.2, 0.25) is 0 Å². The van der Waals surface area contributed by atoms with Gasteiger partial charge in [0.25, 0.3) is 0 Å². The fourth-order valence-corrected chi connectivity index (χ4v) is 5.98. The molecule has 0 spiro atoms. The van der Waals surface area contributed by atoms with Gasteiger partial charge in [-0.25, -0.2) is 0 Å². The van der Waals surface area contributed by atoms with Crippen molar-refractivity contribution in [2.24, 2.45) is 0 Å². The van der Waals surface area contributed by atoms with Crippen molar-refractivity contribution in [1.29, 1.82) is 0 Å². The van der Waals surface area contributed by atoms with Crippen LogP contribution in [0.4, 0.5) is 0 Å². The van der Waals surface area contributed by atoms with Crippen molar-refractivity contribution in [3.63, 3.8) is 0 Å². The number of rotatable bonds is 2. The fourth-order valence-electron chi connectivity index (χ4n) is 5.98. The van der Waals surface area contributed by atoms with Crippen LogP contribution in [0.1, 0.15) is 58.2 Å². The van der Waals surface area contributed by atoms with Gasteiger partial charge in [0.05, 0.1) is 0 Å². The van der Waals surface area contributed by atoms with Crippen LogP contribution in [0.5, 0.6) is 0 Å². The Balaban J connectivity index is 1.62. The van der Waals surface area contributed by atoms with Crippen LogP contribution >= 0.6 is 0 Å². The summed E-state index contributed by atoms with van der Waals surface area (Å²) >= 11 is 0. The van der Waals surface area contributed by atoms with E-state index in [-0.39, 0.29) is 10.8 Å². The lowest BCUT2D eigenvalue weighted by molar-refractivity contribution is 0.590. The van der Waals surface area contributed by atoms with Gasteiger partial charge < -0.3 is 0 Å². The lowest BCUT2D eigenvalue weighted by Crippen LogP contribution is -2.11. The van der Waals surface area contributed by atoms with Gasteiger partial charge in [0.1, 0.15) is 0 Å². The molecule has 0 heterocycles. The normalized spacial score (nSPS) is 12.5. The molecule has 0 bridgehead atoms. The van der Waals surface area contributed by atoms with Crippen molar-refractivity contribution in [3.8, 4) is 22.3 Å². The van der Waals surface area contributed by atoms with Gasteiger partial charge in [0.15, 0.2) is 0 Å². The number of fused-ring (bicyclic) bond motifs is 3. The van der Waals surface area contributed by atoms with Gasteiger partial charge in [-0.15, -0.1) is 0 Å². The number of aryl methyl sites for hydroxylation is 1. The molecule has 194 valence electrons. The highest BCUT2D eigenvalue weighted by atomic mass is 14.2. The van der Waals surface area contributed by atoms with E-state index in [1.54, 1.807) is 0 Å². The van der Waals surface area contributed by atoms with Gasteiger partial charge in [0, 0.05) is 0 Å². The first-order valence-corrected chi connectivity index (χ1v) is 14.1. The minimum Gasteiger partial charge on any atom is -0.0616 e. The van der Waals surface area contributed by atoms with Crippen molar-refractivity contribution >= 4 is 32.3 Å². The molecule has 0 fully saturated rings. The van der Waals surface area contributed by atoms with Gasteiger partial charge in [-0.05, 0) is 95.1 Å². The summed E-state index contributed by atoms with van der Waals surface area (Å²) in [6, 6.07) is 38.7. The van der Waals surface area contributed by atoms with E-state index in [9.17, 15) is 0 Å². The Bertz CT molecular complexity index is 1850. The van der Waals surface area contributed by atoms with E-state index in [0.29, 0.717) is 0 Å². The number of hydrogen-bond donors (Lipinski definition) is 0. The van der Waals surface area contributed by atoms with Crippen molar-refractivity contribution < 1.29 is 0 Å². The van der Waals surface area contributed by atoms with E-state index >= 15 is 0 Å². The topological polar surface area (TPSA) is 0 Å². The molecule has 0 aliphatic heterocycles. The molecule has 0 unspecified atom stereocenters. The maximum Gasteiger partial charge on any atom is -0.00265 e. The van der Waals surface area contributed by atoms with Crippen LogP contribution in [0.2, 0.25) is 0 Å². The largest absolute Gasteiger partial charge is 0.0616 e. The molecule has 0 nitrogen and oxygen atoms in total. The molecule has 0 heteroatoms. The molecule has 0 aromatic heterocycles. The molecule has 0 saturated carbocycles. The fraction of sp³-hybridized carbons (Fsp3) is 0.231. The zero-order valence-electron chi connectivity index (χ0n) is 24.3. The Hall–Kier alpha value is -3.90. The smallest absolute Gasteiger partial charge is 0.00265 e. The highest BCUT2D eigenvalue weighted by Gasteiger charge is 2.20. The molecule has 0 amide bonds. The Morgan fingerprint density at radius 3 is 1.67 bits per heavy atom. The zero-order chi connectivity index (χ0) is 27.5. The van der Waals surface area contributed by atoms with Crippen molar-refractivity contribution in [2.75, 3.05) is 0 Å². The molecule has 0 aliphatic rings. The number of hydrogen-bond acceptors (Lipinski definition) is 0. The molecule has 6 aromatic carbocycles.